The molecule has 9 nitrogen and oxygen atoms in total. The van der Waals surface area contributed by atoms with Crippen molar-refractivity contribution in [3.05, 3.63) is 63.3 Å². The second kappa shape index (κ2) is 11.3. The molecule has 0 radical (unpaired) electrons. The topological polar surface area (TPSA) is 130 Å². The SMILES string of the molecule is Cc1cnc(NC(=O)c2cnc(C(C)NC(=O)c3cc(CCCCO)ncn3)s2)cc1C(F)(F)F. The summed E-state index contributed by atoms with van der Waals surface area (Å²) in [6.07, 6.45) is 1.01. The van der Waals surface area contributed by atoms with Crippen molar-refractivity contribution in [2.24, 2.45) is 0 Å². The molecule has 0 aromatic carbocycles. The first-order valence-electron chi connectivity index (χ1n) is 10.6. The summed E-state index contributed by atoms with van der Waals surface area (Å²) in [5, 5.41) is 14.4. The van der Waals surface area contributed by atoms with Gasteiger partial charge in [0.05, 0.1) is 17.8 Å². The summed E-state index contributed by atoms with van der Waals surface area (Å²) < 4.78 is 39.3. The Morgan fingerprint density at radius 3 is 2.57 bits per heavy atom. The van der Waals surface area contributed by atoms with Crippen molar-refractivity contribution < 1.29 is 27.9 Å². The number of aryl methyl sites for hydroxylation is 2. The standard InChI is InChI=1S/C22H23F3N6O3S/c1-12-9-26-18(8-15(12)22(23,24)25)31-20(34)17-10-27-21(35-17)13(2)30-19(33)16-7-14(28-11-29-16)5-3-4-6-32/h7-11,13,32H,3-6H2,1-2H3,(H,30,33)(H,26,31,34). The van der Waals surface area contributed by atoms with Crippen LogP contribution in [0.3, 0.4) is 0 Å². The van der Waals surface area contributed by atoms with Crippen LogP contribution in [0, 0.1) is 6.92 Å². The van der Waals surface area contributed by atoms with Crippen molar-refractivity contribution in [1.29, 1.82) is 0 Å². The molecule has 3 N–H and O–H groups in total. The largest absolute Gasteiger partial charge is 0.416 e. The average Bonchev–Trinajstić information content (AvgIpc) is 3.31. The van der Waals surface area contributed by atoms with Crippen LogP contribution < -0.4 is 10.6 Å². The number of alkyl halides is 3. The normalized spacial score (nSPS) is 12.3. The first-order valence-corrected chi connectivity index (χ1v) is 11.4. The highest BCUT2D eigenvalue weighted by molar-refractivity contribution is 7.13. The number of hydrogen-bond donors (Lipinski definition) is 3. The third-order valence-corrected chi connectivity index (χ3v) is 6.09. The molecule has 3 aromatic rings. The molecule has 1 unspecified atom stereocenters. The molecule has 1 atom stereocenters. The Bertz CT molecular complexity index is 1200. The van der Waals surface area contributed by atoms with Crippen LogP contribution in [0.15, 0.2) is 30.9 Å². The van der Waals surface area contributed by atoms with Gasteiger partial charge in [0, 0.05) is 18.5 Å². The number of hydrogen-bond acceptors (Lipinski definition) is 8. The number of amides is 2. The Morgan fingerprint density at radius 1 is 1.09 bits per heavy atom. The molecular formula is C22H23F3N6O3S. The highest BCUT2D eigenvalue weighted by atomic mass is 32.1. The molecule has 3 heterocycles. The number of nitrogens with one attached hydrogen (secondary N) is 2. The lowest BCUT2D eigenvalue weighted by Gasteiger charge is -2.12. The predicted octanol–water partition coefficient (Wildman–Crippen LogP) is 3.71. The lowest BCUT2D eigenvalue weighted by molar-refractivity contribution is -0.138. The third-order valence-electron chi connectivity index (χ3n) is 4.91. The molecule has 0 aliphatic carbocycles. The number of thiazole rings is 1. The maximum absolute atomic E-state index is 13.1. The number of aliphatic hydroxyl groups is 1. The van der Waals surface area contributed by atoms with E-state index in [9.17, 15) is 22.8 Å². The lowest BCUT2D eigenvalue weighted by atomic mass is 10.1. The first-order chi connectivity index (χ1) is 16.6. The van der Waals surface area contributed by atoms with E-state index in [0.717, 1.165) is 30.0 Å². The van der Waals surface area contributed by atoms with E-state index >= 15 is 0 Å². The molecule has 0 bridgehead atoms. The number of pyridine rings is 1. The Kier molecular flexibility index (Phi) is 8.46. The number of halogens is 3. The molecule has 3 aromatic heterocycles. The molecule has 0 aliphatic heterocycles. The monoisotopic (exact) mass is 508 g/mol. The van der Waals surface area contributed by atoms with Crippen molar-refractivity contribution in [3.8, 4) is 0 Å². The van der Waals surface area contributed by atoms with Gasteiger partial charge in [-0.05, 0) is 50.8 Å². The molecule has 0 saturated carbocycles. The predicted molar refractivity (Wildman–Crippen MR) is 122 cm³/mol. The van der Waals surface area contributed by atoms with Gasteiger partial charge in [-0.15, -0.1) is 11.3 Å². The van der Waals surface area contributed by atoms with Crippen LogP contribution in [0.5, 0.6) is 0 Å². The molecule has 0 spiro atoms. The quantitative estimate of drug-likeness (QED) is 0.376. The summed E-state index contributed by atoms with van der Waals surface area (Å²) in [5.41, 5.74) is -0.0874. The number of nitrogens with zero attached hydrogens (tertiary/aromatic N) is 4. The zero-order chi connectivity index (χ0) is 25.6. The van der Waals surface area contributed by atoms with Crippen molar-refractivity contribution in [1.82, 2.24) is 25.3 Å². The van der Waals surface area contributed by atoms with Gasteiger partial charge < -0.3 is 15.7 Å². The minimum absolute atomic E-state index is 0.0545. The highest BCUT2D eigenvalue weighted by Crippen LogP contribution is 2.32. The molecular weight excluding hydrogens is 485 g/mol. The van der Waals surface area contributed by atoms with E-state index in [2.05, 4.69) is 30.6 Å². The Morgan fingerprint density at radius 2 is 1.86 bits per heavy atom. The van der Waals surface area contributed by atoms with Crippen LogP contribution in [-0.2, 0) is 12.6 Å². The Balaban J connectivity index is 1.63. The van der Waals surface area contributed by atoms with Crippen LogP contribution in [-0.4, -0.2) is 43.5 Å². The van der Waals surface area contributed by atoms with E-state index in [4.69, 9.17) is 5.11 Å². The fraction of sp³-hybridized carbons (Fsp3) is 0.364. The molecule has 2 amide bonds. The highest BCUT2D eigenvalue weighted by Gasteiger charge is 2.33. The molecule has 0 saturated heterocycles. The van der Waals surface area contributed by atoms with E-state index in [1.807, 2.05) is 0 Å². The number of aromatic nitrogens is 4. The maximum atomic E-state index is 13.1. The molecule has 13 heteroatoms. The Hall–Kier alpha value is -3.45. The smallest absolute Gasteiger partial charge is 0.396 e. The summed E-state index contributed by atoms with van der Waals surface area (Å²) in [6, 6.07) is 1.79. The number of anilines is 1. The van der Waals surface area contributed by atoms with E-state index in [-0.39, 0.29) is 28.6 Å². The summed E-state index contributed by atoms with van der Waals surface area (Å²) >= 11 is 0.991. The molecule has 35 heavy (non-hydrogen) atoms. The fourth-order valence-corrected chi connectivity index (χ4v) is 3.89. The van der Waals surface area contributed by atoms with Gasteiger partial charge >= 0.3 is 6.18 Å². The Labute approximate surface area is 202 Å². The second-order valence-electron chi connectivity index (χ2n) is 7.67. The van der Waals surface area contributed by atoms with Gasteiger partial charge in [0.1, 0.15) is 27.7 Å². The van der Waals surface area contributed by atoms with Crippen molar-refractivity contribution in [2.75, 3.05) is 11.9 Å². The van der Waals surface area contributed by atoms with E-state index in [1.54, 1.807) is 13.0 Å². The third kappa shape index (κ3) is 7.02. The minimum Gasteiger partial charge on any atom is -0.396 e. The van der Waals surface area contributed by atoms with Crippen LogP contribution >= 0.6 is 11.3 Å². The van der Waals surface area contributed by atoms with Gasteiger partial charge in [-0.1, -0.05) is 0 Å². The van der Waals surface area contributed by atoms with Gasteiger partial charge in [-0.3, -0.25) is 9.59 Å². The van der Waals surface area contributed by atoms with Crippen LogP contribution in [0.1, 0.15) is 67.8 Å². The van der Waals surface area contributed by atoms with Crippen LogP contribution in [0.2, 0.25) is 0 Å². The summed E-state index contributed by atoms with van der Waals surface area (Å²) in [5.74, 6) is -1.35. The van der Waals surface area contributed by atoms with Gasteiger partial charge in [-0.2, -0.15) is 13.2 Å². The summed E-state index contributed by atoms with van der Waals surface area (Å²) in [6.45, 7) is 3.05. The van der Waals surface area contributed by atoms with Gasteiger partial charge in [-0.25, -0.2) is 19.9 Å². The van der Waals surface area contributed by atoms with Crippen LogP contribution in [0.25, 0.3) is 0 Å². The summed E-state index contributed by atoms with van der Waals surface area (Å²) in [7, 11) is 0. The zero-order valence-electron chi connectivity index (χ0n) is 18.9. The average molecular weight is 509 g/mol. The molecule has 0 fully saturated rings. The zero-order valence-corrected chi connectivity index (χ0v) is 19.7. The fourth-order valence-electron chi connectivity index (χ4n) is 3.08. The van der Waals surface area contributed by atoms with Crippen molar-refractivity contribution >= 4 is 29.0 Å². The van der Waals surface area contributed by atoms with Gasteiger partial charge in [0.15, 0.2) is 0 Å². The lowest BCUT2D eigenvalue weighted by Crippen LogP contribution is -2.27. The van der Waals surface area contributed by atoms with Crippen molar-refractivity contribution in [3.63, 3.8) is 0 Å². The number of rotatable bonds is 9. The van der Waals surface area contributed by atoms with E-state index in [1.165, 1.54) is 19.4 Å². The van der Waals surface area contributed by atoms with E-state index < -0.39 is 29.6 Å². The number of carbonyl (C=O) groups excluding carboxylic acids is 2. The number of aliphatic hydroxyl groups excluding tert-OH is 1. The van der Waals surface area contributed by atoms with Gasteiger partial charge in [0.25, 0.3) is 11.8 Å². The number of unbranched alkanes of at least 4 members (excludes halogenated alkanes) is 1. The summed E-state index contributed by atoms with van der Waals surface area (Å²) in [4.78, 5) is 41.3. The van der Waals surface area contributed by atoms with Crippen LogP contribution in [0.4, 0.5) is 19.0 Å². The molecule has 3 rings (SSSR count). The van der Waals surface area contributed by atoms with E-state index in [0.29, 0.717) is 23.5 Å². The second-order valence-corrected chi connectivity index (χ2v) is 8.73. The molecule has 186 valence electrons. The first kappa shape index (κ1) is 26.2. The molecule has 0 aliphatic rings. The van der Waals surface area contributed by atoms with Gasteiger partial charge in [0.2, 0.25) is 0 Å². The van der Waals surface area contributed by atoms with Crippen molar-refractivity contribution in [2.45, 2.75) is 45.3 Å². The number of carbonyl (C=O) groups is 2. The maximum Gasteiger partial charge on any atom is 0.416 e. The minimum atomic E-state index is -4.57.